The lowest BCUT2D eigenvalue weighted by atomic mass is 10.2. The highest BCUT2D eigenvalue weighted by Crippen LogP contribution is 2.24. The SMILES string of the molecule is COc1ccc(CNS(=O)(=O)c2ccc(OC)c(I)c2)cc1. The third-order valence-corrected chi connectivity index (χ3v) is 5.30. The Morgan fingerprint density at radius 2 is 1.73 bits per heavy atom. The second-order valence-electron chi connectivity index (χ2n) is 4.47. The second-order valence-corrected chi connectivity index (χ2v) is 7.40. The average molecular weight is 433 g/mol. The largest absolute Gasteiger partial charge is 0.497 e. The van der Waals surface area contributed by atoms with Crippen LogP contribution in [0.5, 0.6) is 11.5 Å². The van der Waals surface area contributed by atoms with Crippen molar-refractivity contribution in [3.05, 3.63) is 51.6 Å². The molecule has 118 valence electrons. The van der Waals surface area contributed by atoms with Gasteiger partial charge in [-0.15, -0.1) is 0 Å². The Morgan fingerprint density at radius 1 is 1.05 bits per heavy atom. The molecule has 0 aliphatic rings. The predicted octanol–water partition coefficient (Wildman–Crippen LogP) is 2.79. The third-order valence-electron chi connectivity index (χ3n) is 3.06. The van der Waals surface area contributed by atoms with E-state index >= 15 is 0 Å². The van der Waals surface area contributed by atoms with Crippen molar-refractivity contribution in [3.8, 4) is 11.5 Å². The molecule has 0 saturated carbocycles. The third kappa shape index (κ3) is 4.11. The number of hydrogen-bond donors (Lipinski definition) is 1. The lowest BCUT2D eigenvalue weighted by Gasteiger charge is -2.09. The first-order valence-electron chi connectivity index (χ1n) is 6.42. The molecule has 0 spiro atoms. The Labute approximate surface area is 143 Å². The molecule has 2 aromatic rings. The van der Waals surface area contributed by atoms with Crippen LogP contribution in [0.2, 0.25) is 0 Å². The monoisotopic (exact) mass is 433 g/mol. The van der Waals surface area contributed by atoms with Gasteiger partial charge in [-0.3, -0.25) is 0 Å². The summed E-state index contributed by atoms with van der Waals surface area (Å²) in [5.41, 5.74) is 0.854. The highest BCUT2D eigenvalue weighted by atomic mass is 127. The molecule has 5 nitrogen and oxygen atoms in total. The van der Waals surface area contributed by atoms with E-state index in [1.165, 1.54) is 6.07 Å². The number of rotatable bonds is 6. The summed E-state index contributed by atoms with van der Waals surface area (Å²) in [7, 11) is -0.428. The van der Waals surface area contributed by atoms with E-state index in [9.17, 15) is 8.42 Å². The molecule has 0 aliphatic heterocycles. The normalized spacial score (nSPS) is 11.2. The number of benzene rings is 2. The van der Waals surface area contributed by atoms with Crippen LogP contribution in [0.1, 0.15) is 5.56 Å². The molecule has 0 radical (unpaired) electrons. The fraction of sp³-hybridized carbons (Fsp3) is 0.200. The van der Waals surface area contributed by atoms with E-state index < -0.39 is 10.0 Å². The number of nitrogens with one attached hydrogen (secondary N) is 1. The number of halogens is 1. The molecule has 2 aromatic carbocycles. The summed E-state index contributed by atoms with van der Waals surface area (Å²) in [4.78, 5) is 0.214. The zero-order chi connectivity index (χ0) is 16.2. The molecule has 0 fully saturated rings. The van der Waals surface area contributed by atoms with Gasteiger partial charge in [0.1, 0.15) is 11.5 Å². The maximum atomic E-state index is 12.3. The Balaban J connectivity index is 2.11. The van der Waals surface area contributed by atoms with Crippen LogP contribution in [0.4, 0.5) is 0 Å². The van der Waals surface area contributed by atoms with Gasteiger partial charge >= 0.3 is 0 Å². The van der Waals surface area contributed by atoms with Gasteiger partial charge in [-0.05, 0) is 58.5 Å². The zero-order valence-corrected chi connectivity index (χ0v) is 15.1. The molecule has 0 aliphatic carbocycles. The Kier molecular flexibility index (Phi) is 5.65. The lowest BCUT2D eigenvalue weighted by molar-refractivity contribution is 0.411. The highest BCUT2D eigenvalue weighted by molar-refractivity contribution is 14.1. The first kappa shape index (κ1) is 17.0. The second kappa shape index (κ2) is 7.30. The molecule has 1 N–H and O–H groups in total. The van der Waals surface area contributed by atoms with Gasteiger partial charge in [0, 0.05) is 6.54 Å². The molecular weight excluding hydrogens is 417 g/mol. The fourth-order valence-electron chi connectivity index (χ4n) is 1.82. The van der Waals surface area contributed by atoms with Gasteiger partial charge in [0.15, 0.2) is 0 Å². The minimum atomic E-state index is -3.56. The number of ether oxygens (including phenoxy) is 2. The van der Waals surface area contributed by atoms with Gasteiger partial charge in [0.2, 0.25) is 10.0 Å². The molecule has 7 heteroatoms. The maximum absolute atomic E-state index is 12.3. The number of sulfonamides is 1. The van der Waals surface area contributed by atoms with Crippen LogP contribution in [0.15, 0.2) is 47.4 Å². The summed E-state index contributed by atoms with van der Waals surface area (Å²) in [6.45, 7) is 0.217. The Morgan fingerprint density at radius 3 is 2.27 bits per heavy atom. The maximum Gasteiger partial charge on any atom is 0.240 e. The van der Waals surface area contributed by atoms with Gasteiger partial charge in [0.25, 0.3) is 0 Å². The number of hydrogen-bond acceptors (Lipinski definition) is 4. The van der Waals surface area contributed by atoms with E-state index in [4.69, 9.17) is 9.47 Å². The van der Waals surface area contributed by atoms with E-state index in [1.807, 2.05) is 34.7 Å². The van der Waals surface area contributed by atoms with Crippen molar-refractivity contribution < 1.29 is 17.9 Å². The van der Waals surface area contributed by atoms with Crippen LogP contribution in [-0.2, 0) is 16.6 Å². The van der Waals surface area contributed by atoms with E-state index in [2.05, 4.69) is 4.72 Å². The fourth-order valence-corrected chi connectivity index (χ4v) is 3.81. The van der Waals surface area contributed by atoms with Crippen molar-refractivity contribution in [2.75, 3.05) is 14.2 Å². The van der Waals surface area contributed by atoms with Crippen LogP contribution >= 0.6 is 22.6 Å². The van der Waals surface area contributed by atoms with Crippen molar-refractivity contribution in [1.82, 2.24) is 4.72 Å². The summed E-state index contributed by atoms with van der Waals surface area (Å²) >= 11 is 2.04. The lowest BCUT2D eigenvalue weighted by Crippen LogP contribution is -2.23. The number of methoxy groups -OCH3 is 2. The van der Waals surface area contributed by atoms with Crippen LogP contribution in [-0.4, -0.2) is 22.6 Å². The molecule has 22 heavy (non-hydrogen) atoms. The molecule has 0 unspecified atom stereocenters. The zero-order valence-electron chi connectivity index (χ0n) is 12.2. The van der Waals surface area contributed by atoms with Crippen molar-refractivity contribution in [2.24, 2.45) is 0 Å². The van der Waals surface area contributed by atoms with Crippen LogP contribution in [0, 0.1) is 3.57 Å². The van der Waals surface area contributed by atoms with Gasteiger partial charge in [-0.1, -0.05) is 12.1 Å². The van der Waals surface area contributed by atoms with E-state index in [0.29, 0.717) is 5.75 Å². The Hall–Kier alpha value is -1.32. The molecule has 0 saturated heterocycles. The van der Waals surface area contributed by atoms with E-state index in [0.717, 1.165) is 14.9 Å². The molecule has 2 rings (SSSR count). The van der Waals surface area contributed by atoms with Gasteiger partial charge in [-0.2, -0.15) is 0 Å². The van der Waals surface area contributed by atoms with Gasteiger partial charge < -0.3 is 9.47 Å². The molecule has 0 bridgehead atoms. The first-order valence-corrected chi connectivity index (χ1v) is 8.98. The van der Waals surface area contributed by atoms with Gasteiger partial charge in [-0.25, -0.2) is 13.1 Å². The molecule has 0 amide bonds. The van der Waals surface area contributed by atoms with Crippen molar-refractivity contribution >= 4 is 32.6 Å². The van der Waals surface area contributed by atoms with Gasteiger partial charge in [0.05, 0.1) is 22.7 Å². The summed E-state index contributed by atoms with van der Waals surface area (Å²) in [6.07, 6.45) is 0. The van der Waals surface area contributed by atoms with Crippen molar-refractivity contribution in [1.29, 1.82) is 0 Å². The van der Waals surface area contributed by atoms with Crippen molar-refractivity contribution in [3.63, 3.8) is 0 Å². The summed E-state index contributed by atoms with van der Waals surface area (Å²) in [5.74, 6) is 1.38. The Bertz CT molecular complexity index is 745. The molecule has 0 heterocycles. The van der Waals surface area contributed by atoms with E-state index in [1.54, 1.807) is 38.5 Å². The smallest absolute Gasteiger partial charge is 0.240 e. The minimum Gasteiger partial charge on any atom is -0.497 e. The highest BCUT2D eigenvalue weighted by Gasteiger charge is 2.15. The van der Waals surface area contributed by atoms with Crippen LogP contribution in [0.25, 0.3) is 0 Å². The summed E-state index contributed by atoms with van der Waals surface area (Å²) in [6, 6.07) is 12.0. The first-order chi connectivity index (χ1) is 10.5. The minimum absolute atomic E-state index is 0.214. The molecule has 0 atom stereocenters. The molecule has 0 aromatic heterocycles. The predicted molar refractivity (Wildman–Crippen MR) is 92.7 cm³/mol. The van der Waals surface area contributed by atoms with E-state index in [-0.39, 0.29) is 11.4 Å². The molecular formula is C15H16INO4S. The average Bonchev–Trinajstić information content (AvgIpc) is 2.53. The topological polar surface area (TPSA) is 64.6 Å². The summed E-state index contributed by atoms with van der Waals surface area (Å²) in [5, 5.41) is 0. The van der Waals surface area contributed by atoms with Crippen molar-refractivity contribution in [2.45, 2.75) is 11.4 Å². The van der Waals surface area contributed by atoms with Crippen LogP contribution < -0.4 is 14.2 Å². The van der Waals surface area contributed by atoms with Crippen LogP contribution in [0.3, 0.4) is 0 Å². The summed E-state index contributed by atoms with van der Waals surface area (Å²) < 4.78 is 38.1. The standard InChI is InChI=1S/C15H16INO4S/c1-20-12-5-3-11(4-6-12)10-17-22(18,19)13-7-8-15(21-2)14(16)9-13/h3-9,17H,10H2,1-2H3. The quantitative estimate of drug-likeness (QED) is 0.712.